The number of nitrogens with zero attached hydrogens (tertiary/aromatic N) is 3. The van der Waals surface area contributed by atoms with E-state index >= 15 is 0 Å². The molecule has 1 saturated carbocycles. The van der Waals surface area contributed by atoms with Crippen molar-refractivity contribution in [1.29, 1.82) is 0 Å². The molecule has 2 heterocycles. The fraction of sp³-hybridized carbons (Fsp3) is 0.455. The molecule has 3 N–H and O–H groups in total. The highest BCUT2D eigenvalue weighted by Crippen LogP contribution is 2.26. The van der Waals surface area contributed by atoms with Gasteiger partial charge in [0.25, 0.3) is 0 Å². The number of aromatic amines is 1. The quantitative estimate of drug-likeness (QED) is 0.584. The zero-order chi connectivity index (χ0) is 19.3. The number of benzene rings is 1. The summed E-state index contributed by atoms with van der Waals surface area (Å²) in [6, 6.07) is 10.9. The van der Waals surface area contributed by atoms with Crippen LogP contribution in [0, 0.1) is 5.92 Å². The monoisotopic (exact) mass is 378 g/mol. The number of H-pyrrole nitrogens is 1. The zero-order valence-corrected chi connectivity index (χ0v) is 16.8. The van der Waals surface area contributed by atoms with Crippen LogP contribution in [-0.2, 0) is 6.54 Å². The fourth-order valence-electron chi connectivity index (χ4n) is 4.05. The molecule has 0 saturated heterocycles. The highest BCUT2D eigenvalue weighted by atomic mass is 15.2. The van der Waals surface area contributed by atoms with E-state index in [2.05, 4.69) is 56.0 Å². The van der Waals surface area contributed by atoms with Crippen LogP contribution in [0.5, 0.6) is 0 Å². The number of hydrogen-bond donors (Lipinski definition) is 3. The van der Waals surface area contributed by atoms with Crippen molar-refractivity contribution in [2.75, 3.05) is 30.9 Å². The van der Waals surface area contributed by atoms with Gasteiger partial charge in [0.05, 0.1) is 0 Å². The molecule has 0 spiro atoms. The third-order valence-electron chi connectivity index (χ3n) is 5.70. The van der Waals surface area contributed by atoms with Crippen molar-refractivity contribution in [2.24, 2.45) is 5.92 Å². The topological polar surface area (TPSA) is 68.9 Å². The lowest BCUT2D eigenvalue weighted by molar-refractivity contribution is 0.324. The van der Waals surface area contributed by atoms with Gasteiger partial charge < -0.3 is 20.5 Å². The molecule has 0 amide bonds. The predicted octanol–water partition coefficient (Wildman–Crippen LogP) is 3.78. The van der Waals surface area contributed by atoms with Crippen LogP contribution in [-0.4, -0.2) is 41.6 Å². The predicted molar refractivity (Wildman–Crippen MR) is 116 cm³/mol. The van der Waals surface area contributed by atoms with Crippen LogP contribution in [0.1, 0.15) is 31.2 Å². The maximum atomic E-state index is 4.58. The summed E-state index contributed by atoms with van der Waals surface area (Å²) in [7, 11) is 4.00. The van der Waals surface area contributed by atoms with Crippen molar-refractivity contribution in [2.45, 2.75) is 38.3 Å². The van der Waals surface area contributed by atoms with Gasteiger partial charge in [-0.15, -0.1) is 0 Å². The standard InChI is InChI=1S/C22H30N6/c1-28(2)21-11-12-24-22(27-21)26-18-9-7-16(8-10-18)13-23-14-17-15-25-20-6-4-3-5-19(17)20/h3-6,11-12,15-16,18,23,25H,7-10,13-14H2,1-2H3,(H,24,26,27). The number of aromatic nitrogens is 3. The molecule has 1 fully saturated rings. The number of para-hydroxylation sites is 1. The molecule has 0 unspecified atom stereocenters. The first-order valence-corrected chi connectivity index (χ1v) is 10.2. The molecule has 0 atom stereocenters. The Bertz CT molecular complexity index is 895. The summed E-state index contributed by atoms with van der Waals surface area (Å²) in [4.78, 5) is 14.3. The van der Waals surface area contributed by atoms with Gasteiger partial charge in [-0.2, -0.15) is 4.98 Å². The largest absolute Gasteiger partial charge is 0.363 e. The number of rotatable bonds is 7. The Labute approximate surface area is 166 Å². The molecule has 1 aliphatic carbocycles. The molecule has 2 aromatic heterocycles. The molecular weight excluding hydrogens is 348 g/mol. The molecule has 0 bridgehead atoms. The Morgan fingerprint density at radius 3 is 2.75 bits per heavy atom. The van der Waals surface area contributed by atoms with Gasteiger partial charge in [0.2, 0.25) is 5.95 Å². The second kappa shape index (κ2) is 8.61. The molecule has 6 heteroatoms. The summed E-state index contributed by atoms with van der Waals surface area (Å²) in [5.41, 5.74) is 2.57. The number of anilines is 2. The van der Waals surface area contributed by atoms with Crippen LogP contribution < -0.4 is 15.5 Å². The van der Waals surface area contributed by atoms with Gasteiger partial charge in [-0.05, 0) is 55.8 Å². The van der Waals surface area contributed by atoms with Crippen molar-refractivity contribution in [1.82, 2.24) is 20.3 Å². The van der Waals surface area contributed by atoms with Crippen LogP contribution in [0.15, 0.2) is 42.7 Å². The van der Waals surface area contributed by atoms with E-state index in [-0.39, 0.29) is 0 Å². The van der Waals surface area contributed by atoms with Crippen molar-refractivity contribution in [3.63, 3.8) is 0 Å². The molecule has 1 aliphatic rings. The minimum atomic E-state index is 0.474. The summed E-state index contributed by atoms with van der Waals surface area (Å²) in [5.74, 6) is 2.43. The average Bonchev–Trinajstić information content (AvgIpc) is 3.13. The average molecular weight is 379 g/mol. The minimum absolute atomic E-state index is 0.474. The molecule has 28 heavy (non-hydrogen) atoms. The van der Waals surface area contributed by atoms with E-state index in [4.69, 9.17) is 0 Å². The molecular formula is C22H30N6. The highest BCUT2D eigenvalue weighted by molar-refractivity contribution is 5.82. The third-order valence-corrected chi connectivity index (χ3v) is 5.70. The molecule has 0 aliphatic heterocycles. The van der Waals surface area contributed by atoms with Gasteiger partial charge in [0.15, 0.2) is 0 Å². The molecule has 148 valence electrons. The van der Waals surface area contributed by atoms with Gasteiger partial charge >= 0.3 is 0 Å². The number of fused-ring (bicyclic) bond motifs is 1. The van der Waals surface area contributed by atoms with Crippen molar-refractivity contribution >= 4 is 22.7 Å². The van der Waals surface area contributed by atoms with E-state index in [1.165, 1.54) is 42.1 Å². The maximum absolute atomic E-state index is 4.58. The van der Waals surface area contributed by atoms with Crippen LogP contribution in [0.4, 0.5) is 11.8 Å². The first-order valence-electron chi connectivity index (χ1n) is 10.2. The first-order chi connectivity index (χ1) is 13.7. The lowest BCUT2D eigenvalue weighted by atomic mass is 9.86. The SMILES string of the molecule is CN(C)c1ccnc(NC2CCC(CNCc3c[nH]c4ccccc34)CC2)n1. The third kappa shape index (κ3) is 4.44. The molecule has 0 radical (unpaired) electrons. The van der Waals surface area contributed by atoms with E-state index in [1.54, 1.807) is 0 Å². The Hall–Kier alpha value is -2.60. The molecule has 1 aromatic carbocycles. The van der Waals surface area contributed by atoms with Crippen molar-refractivity contribution in [3.8, 4) is 0 Å². The second-order valence-electron chi connectivity index (χ2n) is 7.99. The lowest BCUT2D eigenvalue weighted by Crippen LogP contribution is -2.31. The molecule has 6 nitrogen and oxygen atoms in total. The Morgan fingerprint density at radius 2 is 1.93 bits per heavy atom. The van der Waals surface area contributed by atoms with Crippen LogP contribution in [0.2, 0.25) is 0 Å². The Balaban J connectivity index is 1.22. The van der Waals surface area contributed by atoms with Crippen LogP contribution in [0.3, 0.4) is 0 Å². The minimum Gasteiger partial charge on any atom is -0.363 e. The summed E-state index contributed by atoms with van der Waals surface area (Å²) in [5, 5.41) is 8.51. The summed E-state index contributed by atoms with van der Waals surface area (Å²) < 4.78 is 0. The normalized spacial score (nSPS) is 19.6. The highest BCUT2D eigenvalue weighted by Gasteiger charge is 2.21. The summed E-state index contributed by atoms with van der Waals surface area (Å²) in [6.45, 7) is 2.01. The number of nitrogens with one attached hydrogen (secondary N) is 3. The van der Waals surface area contributed by atoms with Crippen molar-refractivity contribution < 1.29 is 0 Å². The first kappa shape index (κ1) is 18.7. The number of hydrogen-bond acceptors (Lipinski definition) is 5. The van der Waals surface area contributed by atoms with Gasteiger partial charge in [0, 0.05) is 50.0 Å². The van der Waals surface area contributed by atoms with E-state index < -0.39 is 0 Å². The van der Waals surface area contributed by atoms with Gasteiger partial charge in [-0.3, -0.25) is 0 Å². The van der Waals surface area contributed by atoms with E-state index in [0.717, 1.165) is 30.8 Å². The summed E-state index contributed by atoms with van der Waals surface area (Å²) >= 11 is 0. The van der Waals surface area contributed by atoms with E-state index in [9.17, 15) is 0 Å². The van der Waals surface area contributed by atoms with E-state index in [0.29, 0.717) is 6.04 Å². The Morgan fingerprint density at radius 1 is 1.11 bits per heavy atom. The fourth-order valence-corrected chi connectivity index (χ4v) is 4.05. The molecule has 3 aromatic rings. The maximum Gasteiger partial charge on any atom is 0.224 e. The van der Waals surface area contributed by atoms with Crippen molar-refractivity contribution in [3.05, 3.63) is 48.3 Å². The van der Waals surface area contributed by atoms with Crippen LogP contribution in [0.25, 0.3) is 10.9 Å². The van der Waals surface area contributed by atoms with Gasteiger partial charge in [-0.25, -0.2) is 4.98 Å². The second-order valence-corrected chi connectivity index (χ2v) is 7.99. The van der Waals surface area contributed by atoms with E-state index in [1.807, 2.05) is 31.3 Å². The Kier molecular flexibility index (Phi) is 5.76. The smallest absolute Gasteiger partial charge is 0.224 e. The zero-order valence-electron chi connectivity index (χ0n) is 16.8. The van der Waals surface area contributed by atoms with Gasteiger partial charge in [-0.1, -0.05) is 18.2 Å². The molecule has 4 rings (SSSR count). The summed E-state index contributed by atoms with van der Waals surface area (Å²) in [6.07, 6.45) is 8.78. The lowest BCUT2D eigenvalue weighted by Gasteiger charge is -2.29. The van der Waals surface area contributed by atoms with Gasteiger partial charge in [0.1, 0.15) is 5.82 Å². The van der Waals surface area contributed by atoms with Crippen LogP contribution >= 0.6 is 0 Å².